The van der Waals surface area contributed by atoms with E-state index in [0.717, 1.165) is 6.42 Å². The summed E-state index contributed by atoms with van der Waals surface area (Å²) in [5.74, 6) is -1.07. The van der Waals surface area contributed by atoms with Crippen molar-refractivity contribution in [3.63, 3.8) is 0 Å². The predicted molar refractivity (Wildman–Crippen MR) is 63.5 cm³/mol. The number of hydrogen-bond donors (Lipinski definition) is 3. The highest BCUT2D eigenvalue weighted by molar-refractivity contribution is 5.97. The van der Waals surface area contributed by atoms with Gasteiger partial charge in [0.2, 0.25) is 11.8 Å². The van der Waals surface area contributed by atoms with Gasteiger partial charge in [-0.3, -0.25) is 9.59 Å². The van der Waals surface area contributed by atoms with E-state index in [1.54, 1.807) is 6.07 Å². The van der Waals surface area contributed by atoms with Crippen LogP contribution in [0.3, 0.4) is 0 Å². The van der Waals surface area contributed by atoms with Crippen molar-refractivity contribution in [1.82, 2.24) is 0 Å². The highest BCUT2D eigenvalue weighted by atomic mass is 16.2. The van der Waals surface area contributed by atoms with E-state index in [1.807, 2.05) is 0 Å². The van der Waals surface area contributed by atoms with Gasteiger partial charge in [0, 0.05) is 17.7 Å². The molecule has 1 aromatic rings. The Kier molecular flexibility index (Phi) is 4.66. The van der Waals surface area contributed by atoms with E-state index in [1.165, 1.54) is 12.1 Å². The number of nitrogens with two attached hydrogens (primary N) is 2. The van der Waals surface area contributed by atoms with Crippen LogP contribution in [0.15, 0.2) is 18.2 Å². The molecule has 5 N–H and O–H groups in total. The standard InChI is InChI=1S/C12H16N2O3/c13-11(16)9-4-5-10(12(14)17)8(7-9)3-1-2-6-15/h4-5,7,15H,1-3,6H2,(H2,13,16)(H2,14,17). The molecule has 0 atom stereocenters. The van der Waals surface area contributed by atoms with Gasteiger partial charge in [-0.2, -0.15) is 0 Å². The molecule has 17 heavy (non-hydrogen) atoms. The van der Waals surface area contributed by atoms with Crippen LogP contribution in [0.2, 0.25) is 0 Å². The summed E-state index contributed by atoms with van der Waals surface area (Å²) in [5, 5.41) is 8.70. The van der Waals surface area contributed by atoms with Crippen molar-refractivity contribution in [2.45, 2.75) is 19.3 Å². The summed E-state index contributed by atoms with van der Waals surface area (Å²) in [6.45, 7) is 0.0986. The first-order chi connectivity index (χ1) is 8.06. The number of rotatable bonds is 6. The molecule has 0 aliphatic carbocycles. The summed E-state index contributed by atoms with van der Waals surface area (Å²) in [4.78, 5) is 22.2. The van der Waals surface area contributed by atoms with Crippen LogP contribution in [0.25, 0.3) is 0 Å². The van der Waals surface area contributed by atoms with Crippen molar-refractivity contribution in [3.05, 3.63) is 34.9 Å². The minimum Gasteiger partial charge on any atom is -0.396 e. The lowest BCUT2D eigenvalue weighted by molar-refractivity contribution is 0.0987. The van der Waals surface area contributed by atoms with Gasteiger partial charge in [-0.25, -0.2) is 0 Å². The smallest absolute Gasteiger partial charge is 0.248 e. The monoisotopic (exact) mass is 236 g/mol. The molecular formula is C12H16N2O3. The van der Waals surface area contributed by atoms with Gasteiger partial charge in [-0.05, 0) is 43.0 Å². The Labute approximate surface area is 99.4 Å². The molecule has 0 unspecified atom stereocenters. The topological polar surface area (TPSA) is 106 Å². The molecule has 0 radical (unpaired) electrons. The second-order valence-corrected chi connectivity index (χ2v) is 3.78. The maximum absolute atomic E-state index is 11.2. The lowest BCUT2D eigenvalue weighted by atomic mass is 9.98. The quantitative estimate of drug-likeness (QED) is 0.614. The third kappa shape index (κ3) is 3.57. The lowest BCUT2D eigenvalue weighted by Crippen LogP contribution is -2.16. The Morgan fingerprint density at radius 2 is 1.82 bits per heavy atom. The fraction of sp³-hybridized carbons (Fsp3) is 0.333. The van der Waals surface area contributed by atoms with Gasteiger partial charge >= 0.3 is 0 Å². The van der Waals surface area contributed by atoms with Crippen molar-refractivity contribution in [3.8, 4) is 0 Å². The molecule has 1 rings (SSSR count). The predicted octanol–water partition coefficient (Wildman–Crippen LogP) is 0.199. The first kappa shape index (κ1) is 13.2. The molecule has 5 nitrogen and oxygen atoms in total. The number of amides is 2. The molecule has 1 aromatic carbocycles. The maximum atomic E-state index is 11.2. The van der Waals surface area contributed by atoms with Crippen molar-refractivity contribution in [2.75, 3.05) is 6.61 Å². The molecule has 0 aliphatic heterocycles. The third-order valence-corrected chi connectivity index (χ3v) is 2.51. The number of carbonyl (C=O) groups excluding carboxylic acids is 2. The molecule has 0 fully saturated rings. The summed E-state index contributed by atoms with van der Waals surface area (Å²) in [6.07, 6.45) is 1.94. The second-order valence-electron chi connectivity index (χ2n) is 3.78. The Morgan fingerprint density at radius 3 is 2.35 bits per heavy atom. The number of aliphatic hydroxyl groups excluding tert-OH is 1. The van der Waals surface area contributed by atoms with Crippen LogP contribution >= 0.6 is 0 Å². The zero-order valence-electron chi connectivity index (χ0n) is 9.48. The largest absolute Gasteiger partial charge is 0.396 e. The molecule has 92 valence electrons. The SMILES string of the molecule is NC(=O)c1ccc(C(N)=O)c(CCCCO)c1. The van der Waals surface area contributed by atoms with Crippen molar-refractivity contribution < 1.29 is 14.7 Å². The first-order valence-electron chi connectivity index (χ1n) is 5.39. The molecule has 0 saturated heterocycles. The van der Waals surface area contributed by atoms with E-state index >= 15 is 0 Å². The van der Waals surface area contributed by atoms with E-state index in [-0.39, 0.29) is 6.61 Å². The Hall–Kier alpha value is -1.88. The van der Waals surface area contributed by atoms with Gasteiger partial charge in [0.1, 0.15) is 0 Å². The molecule has 0 spiro atoms. The average Bonchev–Trinajstić information content (AvgIpc) is 2.28. The molecule has 0 aliphatic rings. The lowest BCUT2D eigenvalue weighted by Gasteiger charge is -2.08. The first-order valence-corrected chi connectivity index (χ1v) is 5.39. The fourth-order valence-electron chi connectivity index (χ4n) is 1.62. The maximum Gasteiger partial charge on any atom is 0.248 e. The number of primary amides is 2. The van der Waals surface area contributed by atoms with E-state index in [2.05, 4.69) is 0 Å². The van der Waals surface area contributed by atoms with Gasteiger partial charge in [0.15, 0.2) is 0 Å². The highest BCUT2D eigenvalue weighted by Gasteiger charge is 2.10. The Balaban J connectivity index is 2.98. The minimum absolute atomic E-state index is 0.0986. The highest BCUT2D eigenvalue weighted by Crippen LogP contribution is 2.14. The number of aliphatic hydroxyl groups is 1. The van der Waals surface area contributed by atoms with Crippen LogP contribution in [0.5, 0.6) is 0 Å². The van der Waals surface area contributed by atoms with Crippen molar-refractivity contribution in [1.29, 1.82) is 0 Å². The summed E-state index contributed by atoms with van der Waals surface area (Å²) in [6, 6.07) is 4.58. The molecule has 0 heterocycles. The van der Waals surface area contributed by atoms with Gasteiger partial charge in [0.25, 0.3) is 0 Å². The number of unbranched alkanes of at least 4 members (excludes halogenated alkanes) is 1. The van der Waals surface area contributed by atoms with Crippen molar-refractivity contribution in [2.24, 2.45) is 11.5 Å². The van der Waals surface area contributed by atoms with Crippen LogP contribution in [0, 0.1) is 0 Å². The summed E-state index contributed by atoms with van der Waals surface area (Å²) in [5.41, 5.74) is 11.9. The molecule has 0 saturated carbocycles. The Bertz CT molecular complexity index is 430. The molecule has 2 amide bonds. The normalized spacial score (nSPS) is 10.2. The molecule has 0 aromatic heterocycles. The molecule has 5 heteroatoms. The number of aryl methyl sites for hydroxylation is 1. The number of hydrogen-bond acceptors (Lipinski definition) is 3. The fourth-order valence-corrected chi connectivity index (χ4v) is 1.62. The van der Waals surface area contributed by atoms with E-state index in [0.29, 0.717) is 29.5 Å². The van der Waals surface area contributed by atoms with Gasteiger partial charge in [-0.15, -0.1) is 0 Å². The third-order valence-electron chi connectivity index (χ3n) is 2.51. The van der Waals surface area contributed by atoms with E-state index in [4.69, 9.17) is 16.6 Å². The molecule has 0 bridgehead atoms. The summed E-state index contributed by atoms with van der Waals surface area (Å²) >= 11 is 0. The second kappa shape index (κ2) is 6.00. The van der Waals surface area contributed by atoms with Crippen LogP contribution in [-0.4, -0.2) is 23.5 Å². The van der Waals surface area contributed by atoms with Gasteiger partial charge in [-0.1, -0.05) is 0 Å². The number of benzene rings is 1. The average molecular weight is 236 g/mol. The van der Waals surface area contributed by atoms with Crippen LogP contribution in [0.4, 0.5) is 0 Å². The minimum atomic E-state index is -0.538. The zero-order chi connectivity index (χ0) is 12.8. The van der Waals surface area contributed by atoms with Crippen LogP contribution in [-0.2, 0) is 6.42 Å². The van der Waals surface area contributed by atoms with E-state index < -0.39 is 11.8 Å². The van der Waals surface area contributed by atoms with Gasteiger partial charge < -0.3 is 16.6 Å². The summed E-state index contributed by atoms with van der Waals surface area (Å²) in [7, 11) is 0. The van der Waals surface area contributed by atoms with Gasteiger partial charge in [0.05, 0.1) is 0 Å². The molecular weight excluding hydrogens is 220 g/mol. The van der Waals surface area contributed by atoms with Crippen molar-refractivity contribution >= 4 is 11.8 Å². The van der Waals surface area contributed by atoms with Crippen LogP contribution < -0.4 is 11.5 Å². The Morgan fingerprint density at radius 1 is 1.12 bits per heavy atom. The summed E-state index contributed by atoms with van der Waals surface area (Å²) < 4.78 is 0. The van der Waals surface area contributed by atoms with Crippen LogP contribution in [0.1, 0.15) is 39.1 Å². The zero-order valence-corrected chi connectivity index (χ0v) is 9.48. The number of carbonyl (C=O) groups is 2. The van der Waals surface area contributed by atoms with E-state index in [9.17, 15) is 9.59 Å².